The maximum atomic E-state index is 13.0. The highest BCUT2D eigenvalue weighted by Crippen LogP contribution is 2.40. The van der Waals surface area contributed by atoms with Crippen molar-refractivity contribution >= 4 is 5.91 Å². The van der Waals surface area contributed by atoms with Crippen molar-refractivity contribution in [1.29, 1.82) is 0 Å². The van der Waals surface area contributed by atoms with Gasteiger partial charge >= 0.3 is 0 Å². The summed E-state index contributed by atoms with van der Waals surface area (Å²) in [6.07, 6.45) is 2.61. The van der Waals surface area contributed by atoms with E-state index in [4.69, 9.17) is 4.74 Å². The van der Waals surface area contributed by atoms with Gasteiger partial charge in [-0.3, -0.25) is 4.79 Å². The summed E-state index contributed by atoms with van der Waals surface area (Å²) in [5.74, 6) is 1.52. The van der Waals surface area contributed by atoms with Gasteiger partial charge in [-0.1, -0.05) is 29.8 Å². The maximum absolute atomic E-state index is 13.0. The van der Waals surface area contributed by atoms with Gasteiger partial charge in [0.1, 0.15) is 0 Å². The molecule has 120 valence electrons. The molecule has 1 heterocycles. The van der Waals surface area contributed by atoms with Gasteiger partial charge in [-0.2, -0.15) is 0 Å². The third-order valence-electron chi connectivity index (χ3n) is 5.64. The highest BCUT2D eigenvalue weighted by atomic mass is 16.5. The van der Waals surface area contributed by atoms with Crippen LogP contribution in [0.1, 0.15) is 37.8 Å². The molecule has 3 heteroatoms. The molecule has 1 aliphatic carbocycles. The summed E-state index contributed by atoms with van der Waals surface area (Å²) in [7, 11) is 1.80. The molecular formula is C19H27NO2. The van der Waals surface area contributed by atoms with E-state index in [0.717, 1.165) is 31.5 Å². The van der Waals surface area contributed by atoms with E-state index >= 15 is 0 Å². The van der Waals surface area contributed by atoms with Crippen LogP contribution in [0.15, 0.2) is 24.3 Å². The molecule has 1 aliphatic heterocycles. The van der Waals surface area contributed by atoms with Crippen molar-refractivity contribution in [2.75, 3.05) is 20.2 Å². The molecule has 3 nitrogen and oxygen atoms in total. The van der Waals surface area contributed by atoms with Crippen molar-refractivity contribution in [3.63, 3.8) is 0 Å². The van der Waals surface area contributed by atoms with Crippen LogP contribution in [0.2, 0.25) is 0 Å². The third kappa shape index (κ3) is 2.67. The van der Waals surface area contributed by atoms with Gasteiger partial charge in [-0.25, -0.2) is 0 Å². The number of likely N-dealkylation sites (tertiary alicyclic amines) is 1. The van der Waals surface area contributed by atoms with Crippen LogP contribution in [0, 0.1) is 18.8 Å². The Morgan fingerprint density at radius 2 is 1.68 bits per heavy atom. The SMILES string of the molecule is COC1C[C@@H]2CN(C(=O)C(C)(C)c3ccc(C)cc3)C[C@@H]2C1. The molecule has 1 saturated carbocycles. The molecule has 1 saturated heterocycles. The number of carbonyl (C=O) groups excluding carboxylic acids is 1. The first-order valence-electron chi connectivity index (χ1n) is 8.31. The summed E-state index contributed by atoms with van der Waals surface area (Å²) in [6, 6.07) is 8.36. The second kappa shape index (κ2) is 5.69. The molecule has 3 atom stereocenters. The van der Waals surface area contributed by atoms with Crippen molar-refractivity contribution in [3.8, 4) is 0 Å². The molecule has 1 aromatic carbocycles. The van der Waals surface area contributed by atoms with E-state index in [1.165, 1.54) is 5.56 Å². The summed E-state index contributed by atoms with van der Waals surface area (Å²) in [5, 5.41) is 0. The van der Waals surface area contributed by atoms with Crippen LogP contribution in [0.25, 0.3) is 0 Å². The largest absolute Gasteiger partial charge is 0.381 e. The first-order valence-corrected chi connectivity index (χ1v) is 8.31. The Balaban J connectivity index is 1.71. The first-order chi connectivity index (χ1) is 10.4. The van der Waals surface area contributed by atoms with Crippen molar-refractivity contribution in [2.24, 2.45) is 11.8 Å². The molecule has 0 aromatic heterocycles. The van der Waals surface area contributed by atoms with Gasteiger partial charge in [0, 0.05) is 20.2 Å². The highest BCUT2D eigenvalue weighted by Gasteiger charge is 2.45. The maximum Gasteiger partial charge on any atom is 0.232 e. The zero-order chi connectivity index (χ0) is 15.9. The summed E-state index contributed by atoms with van der Waals surface area (Å²) >= 11 is 0. The number of aryl methyl sites for hydroxylation is 1. The molecule has 0 N–H and O–H groups in total. The zero-order valence-electron chi connectivity index (χ0n) is 14.1. The number of carbonyl (C=O) groups is 1. The average molecular weight is 301 g/mol. The van der Waals surface area contributed by atoms with Crippen LogP contribution in [-0.4, -0.2) is 37.1 Å². The van der Waals surface area contributed by atoms with Gasteiger partial charge < -0.3 is 9.64 Å². The van der Waals surface area contributed by atoms with Crippen LogP contribution in [-0.2, 0) is 14.9 Å². The Kier molecular flexibility index (Phi) is 4.02. The van der Waals surface area contributed by atoms with Gasteiger partial charge in [0.05, 0.1) is 11.5 Å². The van der Waals surface area contributed by atoms with Crippen LogP contribution in [0.5, 0.6) is 0 Å². The summed E-state index contributed by atoms with van der Waals surface area (Å²) in [6.45, 7) is 7.97. The minimum atomic E-state index is -0.451. The van der Waals surface area contributed by atoms with Crippen molar-refractivity contribution in [3.05, 3.63) is 35.4 Å². The van der Waals surface area contributed by atoms with Gasteiger partial charge in [0.2, 0.25) is 5.91 Å². The number of hydrogen-bond donors (Lipinski definition) is 0. The van der Waals surface area contributed by atoms with Gasteiger partial charge in [-0.05, 0) is 51.0 Å². The Labute approximate surface area is 133 Å². The van der Waals surface area contributed by atoms with Gasteiger partial charge in [-0.15, -0.1) is 0 Å². The quantitative estimate of drug-likeness (QED) is 0.858. The molecule has 2 aliphatic rings. The van der Waals surface area contributed by atoms with Crippen molar-refractivity contribution in [2.45, 2.75) is 45.1 Å². The Morgan fingerprint density at radius 3 is 2.18 bits per heavy atom. The molecule has 1 unspecified atom stereocenters. The second-order valence-corrected chi connectivity index (χ2v) is 7.55. The van der Waals surface area contributed by atoms with Gasteiger partial charge in [0.25, 0.3) is 0 Å². The third-order valence-corrected chi connectivity index (χ3v) is 5.64. The molecule has 0 spiro atoms. The predicted molar refractivity (Wildman–Crippen MR) is 87.8 cm³/mol. The van der Waals surface area contributed by atoms with E-state index in [-0.39, 0.29) is 5.91 Å². The van der Waals surface area contributed by atoms with E-state index in [1.807, 2.05) is 13.8 Å². The Bertz CT molecular complexity index is 535. The summed E-state index contributed by atoms with van der Waals surface area (Å²) < 4.78 is 5.49. The Morgan fingerprint density at radius 1 is 1.14 bits per heavy atom. The van der Waals surface area contributed by atoms with E-state index in [1.54, 1.807) is 7.11 Å². The predicted octanol–water partition coefficient (Wildman–Crippen LogP) is 3.16. The number of methoxy groups -OCH3 is 1. The van der Waals surface area contributed by atoms with E-state index < -0.39 is 5.41 Å². The van der Waals surface area contributed by atoms with E-state index in [0.29, 0.717) is 17.9 Å². The number of fused-ring (bicyclic) bond motifs is 1. The summed E-state index contributed by atoms with van der Waals surface area (Å²) in [4.78, 5) is 15.1. The van der Waals surface area contributed by atoms with Crippen LogP contribution in [0.4, 0.5) is 0 Å². The molecule has 1 aromatic rings. The lowest BCUT2D eigenvalue weighted by Gasteiger charge is -2.30. The van der Waals surface area contributed by atoms with Gasteiger partial charge in [0.15, 0.2) is 0 Å². The first kappa shape index (κ1) is 15.5. The number of rotatable bonds is 3. The second-order valence-electron chi connectivity index (χ2n) is 7.55. The van der Waals surface area contributed by atoms with E-state index in [9.17, 15) is 4.79 Å². The lowest BCUT2D eigenvalue weighted by atomic mass is 9.83. The highest BCUT2D eigenvalue weighted by molar-refractivity contribution is 5.87. The molecule has 0 bridgehead atoms. The number of nitrogens with zero attached hydrogens (tertiary/aromatic N) is 1. The normalized spacial score (nSPS) is 28.0. The van der Waals surface area contributed by atoms with Crippen LogP contribution < -0.4 is 0 Å². The standard InChI is InChI=1S/C19H27NO2/c1-13-5-7-16(8-6-13)19(2,3)18(21)20-11-14-9-17(22-4)10-15(14)12-20/h5-8,14-15,17H,9-12H2,1-4H3/t14-,15+,17?. The monoisotopic (exact) mass is 301 g/mol. The fourth-order valence-electron chi connectivity index (χ4n) is 4.09. The summed E-state index contributed by atoms with van der Waals surface area (Å²) in [5.41, 5.74) is 1.88. The molecular weight excluding hydrogens is 274 g/mol. The number of hydrogen-bond acceptors (Lipinski definition) is 2. The molecule has 3 rings (SSSR count). The Hall–Kier alpha value is -1.35. The topological polar surface area (TPSA) is 29.5 Å². The van der Waals surface area contributed by atoms with Crippen LogP contribution in [0.3, 0.4) is 0 Å². The fourth-order valence-corrected chi connectivity index (χ4v) is 4.09. The molecule has 22 heavy (non-hydrogen) atoms. The number of ether oxygens (including phenoxy) is 1. The van der Waals surface area contributed by atoms with Crippen molar-refractivity contribution in [1.82, 2.24) is 4.90 Å². The average Bonchev–Trinajstić information content (AvgIpc) is 3.04. The lowest BCUT2D eigenvalue weighted by Crippen LogP contribution is -2.43. The minimum absolute atomic E-state index is 0.264. The van der Waals surface area contributed by atoms with Crippen LogP contribution >= 0.6 is 0 Å². The molecule has 1 amide bonds. The minimum Gasteiger partial charge on any atom is -0.381 e. The smallest absolute Gasteiger partial charge is 0.232 e. The van der Waals surface area contributed by atoms with Crippen molar-refractivity contribution < 1.29 is 9.53 Å². The van der Waals surface area contributed by atoms with E-state index in [2.05, 4.69) is 36.1 Å². The lowest BCUT2D eigenvalue weighted by molar-refractivity contribution is -0.135. The fraction of sp³-hybridized carbons (Fsp3) is 0.632. The molecule has 0 radical (unpaired) electrons. The molecule has 2 fully saturated rings. The number of benzene rings is 1. The number of amides is 1. The zero-order valence-corrected chi connectivity index (χ0v) is 14.1.